The Bertz CT molecular complexity index is 801. The normalized spacial score (nSPS) is 11.3. The van der Waals surface area contributed by atoms with Crippen LogP contribution in [0.15, 0.2) is 61.1 Å². The zero-order valence-electron chi connectivity index (χ0n) is 13.1. The van der Waals surface area contributed by atoms with Gasteiger partial charge >= 0.3 is 6.36 Å². The van der Waals surface area contributed by atoms with E-state index in [2.05, 4.69) is 20.1 Å². The monoisotopic (exact) mass is 348 g/mol. The summed E-state index contributed by atoms with van der Waals surface area (Å²) in [6, 6.07) is 12.6. The van der Waals surface area contributed by atoms with Gasteiger partial charge in [-0.15, -0.1) is 13.2 Å². The van der Waals surface area contributed by atoms with Gasteiger partial charge in [0.2, 0.25) is 0 Å². The molecule has 130 valence electrons. The maximum atomic E-state index is 12.1. The van der Waals surface area contributed by atoms with Crippen LogP contribution in [0.25, 0.3) is 0 Å². The molecule has 0 aliphatic carbocycles. The van der Waals surface area contributed by atoms with Crippen molar-refractivity contribution in [2.75, 3.05) is 5.32 Å². The summed E-state index contributed by atoms with van der Waals surface area (Å²) in [6.45, 7) is 1.13. The smallest absolute Gasteiger partial charge is 0.404 e. The Kier molecular flexibility index (Phi) is 4.87. The van der Waals surface area contributed by atoms with E-state index in [1.54, 1.807) is 6.20 Å². The zero-order valence-corrected chi connectivity index (χ0v) is 13.1. The lowest BCUT2D eigenvalue weighted by Crippen LogP contribution is -2.17. The van der Waals surface area contributed by atoms with Crippen molar-refractivity contribution in [1.29, 1.82) is 0 Å². The minimum absolute atomic E-state index is 0.353. The number of anilines is 1. The molecule has 0 atom stereocenters. The number of rotatable bonds is 6. The fourth-order valence-electron chi connectivity index (χ4n) is 2.23. The highest BCUT2D eigenvalue weighted by atomic mass is 19.4. The number of aromatic nitrogens is 3. The van der Waals surface area contributed by atoms with Crippen LogP contribution in [0.5, 0.6) is 5.75 Å². The van der Waals surface area contributed by atoms with Crippen LogP contribution >= 0.6 is 0 Å². The Balaban J connectivity index is 1.53. The number of alkyl halides is 3. The molecule has 0 aliphatic rings. The number of halogens is 3. The lowest BCUT2D eigenvalue weighted by Gasteiger charge is -2.09. The van der Waals surface area contributed by atoms with E-state index in [9.17, 15) is 13.2 Å². The molecule has 0 aliphatic heterocycles. The third-order valence-corrected chi connectivity index (χ3v) is 3.32. The summed E-state index contributed by atoms with van der Waals surface area (Å²) >= 11 is 0. The standard InChI is InChI=1S/C17H15F3N4O/c18-17(19,20)25-15-6-7-16(22-10-15)21-8-14-9-23-24(12-14)11-13-4-2-1-3-5-13/h1-7,9-10,12H,8,11H2,(H,21,22). The molecule has 1 aromatic carbocycles. The maximum Gasteiger partial charge on any atom is 0.573 e. The third kappa shape index (κ3) is 5.23. The van der Waals surface area contributed by atoms with Crippen molar-refractivity contribution >= 4 is 5.82 Å². The van der Waals surface area contributed by atoms with Gasteiger partial charge in [-0.2, -0.15) is 5.10 Å². The van der Waals surface area contributed by atoms with Crippen molar-refractivity contribution in [2.45, 2.75) is 19.5 Å². The molecule has 0 saturated heterocycles. The molecule has 25 heavy (non-hydrogen) atoms. The highest BCUT2D eigenvalue weighted by molar-refractivity contribution is 5.38. The number of hydrogen-bond acceptors (Lipinski definition) is 4. The van der Waals surface area contributed by atoms with Crippen LogP contribution in [0.3, 0.4) is 0 Å². The van der Waals surface area contributed by atoms with Gasteiger partial charge in [0, 0.05) is 18.3 Å². The fraction of sp³-hybridized carbons (Fsp3) is 0.176. The molecule has 0 unspecified atom stereocenters. The molecule has 8 heteroatoms. The SMILES string of the molecule is FC(F)(F)Oc1ccc(NCc2cnn(Cc3ccccc3)c2)nc1. The van der Waals surface area contributed by atoms with Crippen molar-refractivity contribution in [2.24, 2.45) is 0 Å². The van der Waals surface area contributed by atoms with Gasteiger partial charge in [-0.05, 0) is 17.7 Å². The van der Waals surface area contributed by atoms with E-state index in [4.69, 9.17) is 0 Å². The van der Waals surface area contributed by atoms with E-state index in [0.29, 0.717) is 18.9 Å². The lowest BCUT2D eigenvalue weighted by molar-refractivity contribution is -0.274. The first-order valence-electron chi connectivity index (χ1n) is 7.49. The summed E-state index contributed by atoms with van der Waals surface area (Å²) in [4.78, 5) is 3.89. The molecule has 2 aromatic heterocycles. The highest BCUT2D eigenvalue weighted by Gasteiger charge is 2.31. The number of hydrogen-bond donors (Lipinski definition) is 1. The second-order valence-corrected chi connectivity index (χ2v) is 5.31. The Morgan fingerprint density at radius 2 is 1.80 bits per heavy atom. The molecule has 1 N–H and O–H groups in total. The molecule has 0 amide bonds. The first-order valence-corrected chi connectivity index (χ1v) is 7.49. The first kappa shape index (κ1) is 16.8. The third-order valence-electron chi connectivity index (χ3n) is 3.32. The van der Waals surface area contributed by atoms with Crippen molar-refractivity contribution in [3.05, 3.63) is 72.2 Å². The van der Waals surface area contributed by atoms with Gasteiger partial charge in [0.05, 0.1) is 18.9 Å². The number of ether oxygens (including phenoxy) is 1. The van der Waals surface area contributed by atoms with Gasteiger partial charge in [0.25, 0.3) is 0 Å². The minimum atomic E-state index is -4.72. The Labute approximate surface area is 142 Å². The van der Waals surface area contributed by atoms with Gasteiger partial charge in [0.15, 0.2) is 0 Å². The van der Waals surface area contributed by atoms with E-state index in [-0.39, 0.29) is 5.75 Å². The minimum Gasteiger partial charge on any atom is -0.404 e. The van der Waals surface area contributed by atoms with Gasteiger partial charge in [-0.1, -0.05) is 30.3 Å². The van der Waals surface area contributed by atoms with Crippen molar-refractivity contribution < 1.29 is 17.9 Å². The summed E-state index contributed by atoms with van der Waals surface area (Å²) < 4.78 is 41.9. The summed E-state index contributed by atoms with van der Waals surface area (Å²) in [5.74, 6) is 0.0964. The van der Waals surface area contributed by atoms with Crippen LogP contribution in [-0.2, 0) is 13.1 Å². The molecule has 5 nitrogen and oxygen atoms in total. The number of pyridine rings is 1. The van der Waals surface area contributed by atoms with E-state index in [0.717, 1.165) is 17.3 Å². The highest BCUT2D eigenvalue weighted by Crippen LogP contribution is 2.22. The molecule has 0 fully saturated rings. The second kappa shape index (κ2) is 7.25. The summed E-state index contributed by atoms with van der Waals surface area (Å²) in [7, 11) is 0. The Morgan fingerprint density at radius 3 is 2.48 bits per heavy atom. The average Bonchev–Trinajstić information content (AvgIpc) is 3.01. The maximum absolute atomic E-state index is 12.1. The molecule has 0 saturated carbocycles. The topological polar surface area (TPSA) is 52.0 Å². The Hall–Kier alpha value is -3.03. The average molecular weight is 348 g/mol. The van der Waals surface area contributed by atoms with Crippen LogP contribution in [0, 0.1) is 0 Å². The summed E-state index contributed by atoms with van der Waals surface area (Å²) in [6.07, 6.45) is -0.0587. The molecule has 0 radical (unpaired) electrons. The zero-order chi connectivity index (χ0) is 17.7. The van der Waals surface area contributed by atoms with E-state index in [1.807, 2.05) is 41.2 Å². The molecule has 0 bridgehead atoms. The van der Waals surface area contributed by atoms with Crippen LogP contribution in [0.4, 0.5) is 19.0 Å². The second-order valence-electron chi connectivity index (χ2n) is 5.31. The summed E-state index contributed by atoms with van der Waals surface area (Å²) in [5.41, 5.74) is 2.08. The van der Waals surface area contributed by atoms with Crippen LogP contribution in [0.2, 0.25) is 0 Å². The van der Waals surface area contributed by atoms with Crippen LogP contribution in [-0.4, -0.2) is 21.1 Å². The quantitative estimate of drug-likeness (QED) is 0.735. The molecular weight excluding hydrogens is 333 g/mol. The molecule has 2 heterocycles. The number of nitrogens with zero attached hydrogens (tertiary/aromatic N) is 3. The van der Waals surface area contributed by atoms with Crippen molar-refractivity contribution in [3.8, 4) is 5.75 Å². The van der Waals surface area contributed by atoms with Gasteiger partial charge in [0.1, 0.15) is 11.6 Å². The van der Waals surface area contributed by atoms with Crippen molar-refractivity contribution in [3.63, 3.8) is 0 Å². The van der Waals surface area contributed by atoms with E-state index in [1.165, 1.54) is 12.1 Å². The molecule has 3 rings (SSSR count). The number of nitrogens with one attached hydrogen (secondary N) is 1. The van der Waals surface area contributed by atoms with Gasteiger partial charge in [-0.3, -0.25) is 4.68 Å². The largest absolute Gasteiger partial charge is 0.573 e. The summed E-state index contributed by atoms with van der Waals surface area (Å²) in [5, 5.41) is 7.32. The van der Waals surface area contributed by atoms with E-state index >= 15 is 0 Å². The van der Waals surface area contributed by atoms with Crippen LogP contribution in [0.1, 0.15) is 11.1 Å². The fourth-order valence-corrected chi connectivity index (χ4v) is 2.23. The van der Waals surface area contributed by atoms with Gasteiger partial charge in [-0.25, -0.2) is 4.98 Å². The molecule has 0 spiro atoms. The van der Waals surface area contributed by atoms with Gasteiger partial charge < -0.3 is 10.1 Å². The number of benzene rings is 1. The van der Waals surface area contributed by atoms with E-state index < -0.39 is 6.36 Å². The molecule has 3 aromatic rings. The predicted octanol–water partition coefficient (Wildman–Crippen LogP) is 3.84. The van der Waals surface area contributed by atoms with Crippen LogP contribution < -0.4 is 10.1 Å². The first-order chi connectivity index (χ1) is 12.0. The predicted molar refractivity (Wildman–Crippen MR) is 86.0 cm³/mol. The van der Waals surface area contributed by atoms with Crippen molar-refractivity contribution in [1.82, 2.24) is 14.8 Å². The Morgan fingerprint density at radius 1 is 1.00 bits per heavy atom. The lowest BCUT2D eigenvalue weighted by atomic mass is 10.2. The molecular formula is C17H15F3N4O.